The molecule has 128 valence electrons. The highest BCUT2D eigenvalue weighted by Crippen LogP contribution is 2.21. The zero-order valence-electron chi connectivity index (χ0n) is 14.9. The highest BCUT2D eigenvalue weighted by atomic mass is 16.6. The normalized spacial score (nSPS) is 18.7. The van der Waals surface area contributed by atoms with Crippen molar-refractivity contribution in [1.82, 2.24) is 9.88 Å². The molecule has 1 aliphatic heterocycles. The molecule has 1 aliphatic rings. The lowest BCUT2D eigenvalue weighted by molar-refractivity contribution is 0.0139. The summed E-state index contributed by atoms with van der Waals surface area (Å²) in [5.41, 5.74) is 1.46. The Morgan fingerprint density at radius 1 is 1.30 bits per heavy atom. The Morgan fingerprint density at radius 3 is 2.57 bits per heavy atom. The Labute approximate surface area is 139 Å². The van der Waals surface area contributed by atoms with Crippen molar-refractivity contribution >= 4 is 6.09 Å². The molecule has 2 heterocycles. The molecule has 0 radical (unpaired) electrons. The van der Waals surface area contributed by atoms with E-state index in [-0.39, 0.29) is 6.09 Å². The fourth-order valence-corrected chi connectivity index (χ4v) is 2.79. The van der Waals surface area contributed by atoms with E-state index in [1.54, 1.807) is 4.90 Å². The van der Waals surface area contributed by atoms with Gasteiger partial charge in [0, 0.05) is 42.5 Å². The quantitative estimate of drug-likeness (QED) is 0.851. The molecule has 5 nitrogen and oxygen atoms in total. The molecule has 0 N–H and O–H groups in total. The van der Waals surface area contributed by atoms with Crippen molar-refractivity contribution in [2.45, 2.75) is 53.1 Å². The predicted octanol–water partition coefficient (Wildman–Crippen LogP) is 3.72. The maximum Gasteiger partial charge on any atom is 0.410 e. The summed E-state index contributed by atoms with van der Waals surface area (Å²) >= 11 is 0. The van der Waals surface area contributed by atoms with Gasteiger partial charge in [-0.3, -0.25) is 4.98 Å². The number of aryl methyl sites for hydroxylation is 2. The summed E-state index contributed by atoms with van der Waals surface area (Å²) in [5, 5.41) is 0. The third-order valence-electron chi connectivity index (χ3n) is 3.71. The third-order valence-corrected chi connectivity index (χ3v) is 3.71. The van der Waals surface area contributed by atoms with Gasteiger partial charge < -0.3 is 14.4 Å². The number of carbonyl (C=O) groups excluding carboxylic acids is 1. The molecule has 1 amide bonds. The number of ether oxygens (including phenoxy) is 2. The minimum Gasteiger partial charge on any atom is -0.493 e. The minimum absolute atomic E-state index is 0.224. The van der Waals surface area contributed by atoms with Gasteiger partial charge in [0.05, 0.1) is 6.61 Å². The van der Waals surface area contributed by atoms with E-state index < -0.39 is 5.60 Å². The van der Waals surface area contributed by atoms with Gasteiger partial charge in [0.1, 0.15) is 11.4 Å². The fraction of sp³-hybridized carbons (Fsp3) is 0.667. The van der Waals surface area contributed by atoms with Gasteiger partial charge in [-0.05, 0) is 47.5 Å². The van der Waals surface area contributed by atoms with Gasteiger partial charge in [-0.2, -0.15) is 0 Å². The van der Waals surface area contributed by atoms with Crippen LogP contribution >= 0.6 is 0 Å². The molecule has 0 saturated carbocycles. The molecular formula is C18H28N2O3. The summed E-state index contributed by atoms with van der Waals surface area (Å²) in [5.74, 6) is 1.19. The zero-order valence-corrected chi connectivity index (χ0v) is 14.9. The van der Waals surface area contributed by atoms with E-state index in [1.165, 1.54) is 0 Å². The molecule has 0 spiro atoms. The van der Waals surface area contributed by atoms with E-state index in [9.17, 15) is 4.79 Å². The van der Waals surface area contributed by atoms with E-state index in [0.29, 0.717) is 19.1 Å². The lowest BCUT2D eigenvalue weighted by Crippen LogP contribution is -2.44. The van der Waals surface area contributed by atoms with Gasteiger partial charge >= 0.3 is 6.09 Å². The summed E-state index contributed by atoms with van der Waals surface area (Å²) in [4.78, 5) is 18.3. The number of hydrogen-bond donors (Lipinski definition) is 0. The van der Waals surface area contributed by atoms with E-state index in [2.05, 4.69) is 4.98 Å². The monoisotopic (exact) mass is 320 g/mol. The average Bonchev–Trinajstić information content (AvgIpc) is 2.43. The average molecular weight is 320 g/mol. The van der Waals surface area contributed by atoms with E-state index in [0.717, 1.165) is 36.5 Å². The van der Waals surface area contributed by atoms with Crippen LogP contribution in [0, 0.1) is 19.8 Å². The number of hydrogen-bond acceptors (Lipinski definition) is 4. The first-order valence-electron chi connectivity index (χ1n) is 8.29. The first kappa shape index (κ1) is 17.6. The Balaban J connectivity index is 1.87. The van der Waals surface area contributed by atoms with Gasteiger partial charge in [0.25, 0.3) is 0 Å². The van der Waals surface area contributed by atoms with Crippen molar-refractivity contribution in [1.29, 1.82) is 0 Å². The molecule has 5 heteroatoms. The second-order valence-corrected chi connectivity index (χ2v) is 7.33. The van der Waals surface area contributed by atoms with Crippen LogP contribution < -0.4 is 4.74 Å². The molecule has 1 atom stereocenters. The number of rotatable bonds is 3. The Hall–Kier alpha value is -1.78. The van der Waals surface area contributed by atoms with Crippen LogP contribution in [-0.2, 0) is 4.74 Å². The minimum atomic E-state index is -0.452. The van der Waals surface area contributed by atoms with Crippen LogP contribution in [0.3, 0.4) is 0 Å². The van der Waals surface area contributed by atoms with Crippen LogP contribution in [0.25, 0.3) is 0 Å². The maximum atomic E-state index is 12.2. The maximum absolute atomic E-state index is 12.2. The number of piperidine rings is 1. The van der Waals surface area contributed by atoms with Crippen LogP contribution in [0.15, 0.2) is 12.1 Å². The van der Waals surface area contributed by atoms with Gasteiger partial charge in [0.15, 0.2) is 0 Å². The molecule has 1 aromatic rings. The SMILES string of the molecule is Cc1cc(OC[C@@H]2CCCN(C(=O)OC(C)(C)C)C2)cc(C)n1. The van der Waals surface area contributed by atoms with Crippen molar-refractivity contribution in [3.63, 3.8) is 0 Å². The molecule has 0 aliphatic carbocycles. The highest BCUT2D eigenvalue weighted by Gasteiger charge is 2.27. The smallest absolute Gasteiger partial charge is 0.410 e. The molecule has 1 saturated heterocycles. The summed E-state index contributed by atoms with van der Waals surface area (Å²) in [6.45, 7) is 11.7. The Morgan fingerprint density at radius 2 is 1.96 bits per heavy atom. The van der Waals surface area contributed by atoms with Gasteiger partial charge in [-0.15, -0.1) is 0 Å². The van der Waals surface area contributed by atoms with E-state index in [4.69, 9.17) is 9.47 Å². The number of carbonyl (C=O) groups is 1. The van der Waals surface area contributed by atoms with Crippen molar-refractivity contribution < 1.29 is 14.3 Å². The van der Waals surface area contributed by atoms with Crippen LogP contribution in [-0.4, -0.2) is 41.3 Å². The highest BCUT2D eigenvalue weighted by molar-refractivity contribution is 5.68. The van der Waals surface area contributed by atoms with Crippen LogP contribution in [0.5, 0.6) is 5.75 Å². The van der Waals surface area contributed by atoms with E-state index in [1.807, 2.05) is 46.8 Å². The van der Waals surface area contributed by atoms with Crippen molar-refractivity contribution in [3.8, 4) is 5.75 Å². The second-order valence-electron chi connectivity index (χ2n) is 7.33. The second kappa shape index (κ2) is 7.20. The molecule has 1 fully saturated rings. The van der Waals surface area contributed by atoms with Gasteiger partial charge in [-0.25, -0.2) is 4.79 Å². The topological polar surface area (TPSA) is 51.7 Å². The largest absolute Gasteiger partial charge is 0.493 e. The lowest BCUT2D eigenvalue weighted by atomic mass is 9.99. The summed E-state index contributed by atoms with van der Waals surface area (Å²) in [7, 11) is 0. The number of nitrogens with zero attached hydrogens (tertiary/aromatic N) is 2. The van der Waals surface area contributed by atoms with Crippen LogP contribution in [0.1, 0.15) is 45.0 Å². The van der Waals surface area contributed by atoms with Crippen LogP contribution in [0.2, 0.25) is 0 Å². The molecular weight excluding hydrogens is 292 g/mol. The number of likely N-dealkylation sites (tertiary alicyclic amines) is 1. The standard InChI is InChI=1S/C18H28N2O3/c1-13-9-16(10-14(2)19-13)22-12-15-7-6-8-20(11-15)17(21)23-18(3,4)5/h9-10,15H,6-8,11-12H2,1-5H3/t15-/m1/s1. The third kappa shape index (κ3) is 5.73. The van der Waals surface area contributed by atoms with Gasteiger partial charge in [-0.1, -0.05) is 0 Å². The van der Waals surface area contributed by atoms with Gasteiger partial charge in [0.2, 0.25) is 0 Å². The van der Waals surface area contributed by atoms with E-state index >= 15 is 0 Å². The van der Waals surface area contributed by atoms with Crippen molar-refractivity contribution in [2.24, 2.45) is 5.92 Å². The lowest BCUT2D eigenvalue weighted by Gasteiger charge is -2.34. The predicted molar refractivity (Wildman–Crippen MR) is 89.7 cm³/mol. The molecule has 0 aromatic carbocycles. The number of pyridine rings is 1. The first-order valence-corrected chi connectivity index (χ1v) is 8.29. The molecule has 1 aromatic heterocycles. The zero-order chi connectivity index (χ0) is 17.0. The first-order chi connectivity index (χ1) is 10.7. The van der Waals surface area contributed by atoms with Crippen molar-refractivity contribution in [3.05, 3.63) is 23.5 Å². The number of aromatic nitrogens is 1. The van der Waals surface area contributed by atoms with Crippen LogP contribution in [0.4, 0.5) is 4.79 Å². The number of amides is 1. The molecule has 0 unspecified atom stereocenters. The Bertz CT molecular complexity index is 531. The fourth-order valence-electron chi connectivity index (χ4n) is 2.79. The summed E-state index contributed by atoms with van der Waals surface area (Å²) < 4.78 is 11.4. The molecule has 2 rings (SSSR count). The van der Waals surface area contributed by atoms with Crippen molar-refractivity contribution in [2.75, 3.05) is 19.7 Å². The molecule has 23 heavy (non-hydrogen) atoms. The summed E-state index contributed by atoms with van der Waals surface area (Å²) in [6.07, 6.45) is 1.84. The Kier molecular flexibility index (Phi) is 5.50. The summed E-state index contributed by atoms with van der Waals surface area (Å²) in [6, 6.07) is 3.89. The molecule has 0 bridgehead atoms.